The molecule has 3 N–H and O–H groups in total. The highest BCUT2D eigenvalue weighted by Gasteiger charge is 2.45. The van der Waals surface area contributed by atoms with Crippen molar-refractivity contribution in [2.24, 2.45) is 0 Å². The van der Waals surface area contributed by atoms with Crippen LogP contribution in [-0.4, -0.2) is 46.5 Å². The van der Waals surface area contributed by atoms with Gasteiger partial charge in [-0.15, -0.1) is 0 Å². The first-order valence-corrected chi connectivity index (χ1v) is 9.78. The average Bonchev–Trinajstić information content (AvgIpc) is 2.62. The molecule has 1 aromatic carbocycles. The third-order valence-electron chi connectivity index (χ3n) is 5.42. The van der Waals surface area contributed by atoms with E-state index >= 15 is 0 Å². The number of hydrogen-bond acceptors (Lipinski definition) is 6. The number of nitrogens with one attached hydrogen (secondary N) is 1. The Morgan fingerprint density at radius 1 is 1.21 bits per heavy atom. The quantitative estimate of drug-likeness (QED) is 0.791. The minimum Gasteiger partial charge on any atom is -0.390 e. The number of anilines is 1. The molecule has 150 valence electrons. The first-order chi connectivity index (χ1) is 13.4. The Morgan fingerprint density at radius 2 is 1.93 bits per heavy atom. The van der Waals surface area contributed by atoms with Crippen molar-refractivity contribution in [2.75, 3.05) is 25.4 Å². The van der Waals surface area contributed by atoms with Gasteiger partial charge in [0.05, 0.1) is 16.3 Å². The lowest BCUT2D eigenvalue weighted by Crippen LogP contribution is -2.49. The highest BCUT2D eigenvalue weighted by molar-refractivity contribution is 5.93. The van der Waals surface area contributed by atoms with E-state index in [9.17, 15) is 9.59 Å². The van der Waals surface area contributed by atoms with Gasteiger partial charge < -0.3 is 20.7 Å². The van der Waals surface area contributed by atoms with Crippen LogP contribution >= 0.6 is 0 Å². The number of hydrogen-bond donors (Lipinski definition) is 2. The van der Waals surface area contributed by atoms with Gasteiger partial charge in [0.1, 0.15) is 0 Å². The van der Waals surface area contributed by atoms with E-state index in [0.29, 0.717) is 30.5 Å². The Hall–Kier alpha value is -2.90. The van der Waals surface area contributed by atoms with Gasteiger partial charge in [-0.1, -0.05) is 12.5 Å². The molecule has 1 aliphatic carbocycles. The molecule has 0 saturated heterocycles. The molecule has 8 nitrogen and oxygen atoms in total. The largest absolute Gasteiger partial charge is 0.416 e. The van der Waals surface area contributed by atoms with Crippen LogP contribution in [0.15, 0.2) is 18.2 Å². The summed E-state index contributed by atoms with van der Waals surface area (Å²) in [4.78, 5) is 35.1. The van der Waals surface area contributed by atoms with Crippen LogP contribution in [0.25, 0.3) is 10.9 Å². The highest BCUT2D eigenvalue weighted by Crippen LogP contribution is 2.45. The van der Waals surface area contributed by atoms with Crippen LogP contribution in [0.5, 0.6) is 5.88 Å². The zero-order chi connectivity index (χ0) is 20.3. The Morgan fingerprint density at radius 3 is 2.50 bits per heavy atom. The molecule has 1 saturated carbocycles. The molecule has 2 aromatic rings. The summed E-state index contributed by atoms with van der Waals surface area (Å²) in [5.41, 5.74) is 6.70. The van der Waals surface area contributed by atoms with E-state index in [4.69, 9.17) is 10.5 Å². The van der Waals surface area contributed by atoms with E-state index in [0.717, 1.165) is 24.8 Å². The van der Waals surface area contributed by atoms with E-state index in [2.05, 4.69) is 15.3 Å². The fourth-order valence-electron chi connectivity index (χ4n) is 3.63. The van der Waals surface area contributed by atoms with Gasteiger partial charge in [0, 0.05) is 19.6 Å². The number of fused-ring (bicyclic) bond motifs is 1. The molecule has 2 amide bonds. The second-order valence-electron chi connectivity index (χ2n) is 6.95. The van der Waals surface area contributed by atoms with Crippen molar-refractivity contribution in [3.8, 4) is 5.88 Å². The van der Waals surface area contributed by atoms with Crippen molar-refractivity contribution in [3.05, 3.63) is 23.8 Å². The molecular formula is C20H27N5O3. The van der Waals surface area contributed by atoms with Crippen molar-refractivity contribution in [1.82, 2.24) is 20.2 Å². The minimum atomic E-state index is -0.550. The average molecular weight is 385 g/mol. The minimum absolute atomic E-state index is 0.0265. The first kappa shape index (κ1) is 19.9. The summed E-state index contributed by atoms with van der Waals surface area (Å²) in [6.07, 6.45) is 2.08. The monoisotopic (exact) mass is 385 g/mol. The molecule has 1 fully saturated rings. The molecule has 1 aliphatic rings. The van der Waals surface area contributed by atoms with Crippen LogP contribution in [0.4, 0.5) is 10.7 Å². The number of aromatic nitrogens is 2. The van der Waals surface area contributed by atoms with Gasteiger partial charge >= 0.3 is 6.09 Å². The number of carbonyl (C=O) groups excluding carboxylic acids is 2. The van der Waals surface area contributed by atoms with Crippen molar-refractivity contribution >= 4 is 28.9 Å². The number of ether oxygens (including phenoxy) is 1. The molecule has 0 spiro atoms. The van der Waals surface area contributed by atoms with Gasteiger partial charge in [-0.3, -0.25) is 4.79 Å². The molecule has 0 bridgehead atoms. The fraction of sp³-hybridized carbons (Fsp3) is 0.500. The molecule has 1 aromatic heterocycles. The molecule has 0 atom stereocenters. The molecule has 0 aliphatic heterocycles. The SMILES string of the molecule is CCNC(=O)C1(c2ccc3nc(N)nc(OC(=O)N(CC)CC)c3c2)CCC1. The lowest BCUT2D eigenvalue weighted by atomic mass is 9.63. The van der Waals surface area contributed by atoms with Crippen LogP contribution in [0.2, 0.25) is 0 Å². The highest BCUT2D eigenvalue weighted by atomic mass is 16.6. The number of nitrogens with two attached hydrogens (primary N) is 1. The van der Waals surface area contributed by atoms with Crippen molar-refractivity contribution in [2.45, 2.75) is 45.4 Å². The predicted molar refractivity (Wildman–Crippen MR) is 107 cm³/mol. The lowest BCUT2D eigenvalue weighted by Gasteiger charge is -2.40. The summed E-state index contributed by atoms with van der Waals surface area (Å²) in [7, 11) is 0. The summed E-state index contributed by atoms with van der Waals surface area (Å²) < 4.78 is 5.54. The molecule has 28 heavy (non-hydrogen) atoms. The summed E-state index contributed by atoms with van der Waals surface area (Å²) in [6.45, 7) is 7.30. The van der Waals surface area contributed by atoms with Gasteiger partial charge in [0.2, 0.25) is 17.7 Å². The maximum atomic E-state index is 12.7. The van der Waals surface area contributed by atoms with E-state index in [1.165, 1.54) is 0 Å². The fourth-order valence-corrected chi connectivity index (χ4v) is 3.63. The van der Waals surface area contributed by atoms with Gasteiger partial charge in [0.15, 0.2) is 0 Å². The number of rotatable bonds is 6. The standard InChI is InChI=1S/C20H27N5O3/c1-4-22-17(26)20(10-7-11-20)13-8-9-15-14(12-13)16(24-18(21)23-15)28-19(27)25(5-2)6-3/h8-9,12H,4-7,10-11H2,1-3H3,(H,22,26)(H2,21,23,24). The topological polar surface area (TPSA) is 110 Å². The summed E-state index contributed by atoms with van der Waals surface area (Å²) in [6, 6.07) is 5.56. The van der Waals surface area contributed by atoms with E-state index < -0.39 is 11.5 Å². The molecule has 8 heteroatoms. The van der Waals surface area contributed by atoms with Crippen molar-refractivity contribution < 1.29 is 14.3 Å². The number of benzene rings is 1. The summed E-state index contributed by atoms with van der Waals surface area (Å²) >= 11 is 0. The van der Waals surface area contributed by atoms with E-state index in [-0.39, 0.29) is 17.7 Å². The number of likely N-dealkylation sites (N-methyl/N-ethyl adjacent to an activating group) is 1. The first-order valence-electron chi connectivity index (χ1n) is 9.78. The smallest absolute Gasteiger partial charge is 0.390 e. The Labute approximate surface area is 164 Å². The van der Waals surface area contributed by atoms with E-state index in [1.54, 1.807) is 11.0 Å². The molecule has 3 rings (SSSR count). The van der Waals surface area contributed by atoms with Gasteiger partial charge in [-0.25, -0.2) is 9.78 Å². The maximum absolute atomic E-state index is 12.7. The number of nitrogen functional groups attached to an aromatic ring is 1. The van der Waals surface area contributed by atoms with Crippen LogP contribution in [0.1, 0.15) is 45.6 Å². The maximum Gasteiger partial charge on any atom is 0.416 e. The predicted octanol–water partition coefficient (Wildman–Crippen LogP) is 2.61. The third-order valence-corrected chi connectivity index (χ3v) is 5.42. The summed E-state index contributed by atoms with van der Waals surface area (Å²) in [5.74, 6) is 0.176. The Bertz CT molecular complexity index is 891. The van der Waals surface area contributed by atoms with Gasteiger partial charge in [-0.2, -0.15) is 4.98 Å². The van der Waals surface area contributed by atoms with E-state index in [1.807, 2.05) is 32.9 Å². The number of nitrogens with zero attached hydrogens (tertiary/aromatic N) is 3. The molecule has 0 radical (unpaired) electrons. The second-order valence-corrected chi connectivity index (χ2v) is 6.95. The Balaban J connectivity index is 2.04. The van der Waals surface area contributed by atoms with Crippen LogP contribution in [0.3, 0.4) is 0 Å². The van der Waals surface area contributed by atoms with Crippen LogP contribution in [0, 0.1) is 0 Å². The van der Waals surface area contributed by atoms with Gasteiger partial charge in [-0.05, 0) is 51.3 Å². The molecular weight excluding hydrogens is 358 g/mol. The summed E-state index contributed by atoms with van der Waals surface area (Å²) in [5, 5.41) is 3.51. The van der Waals surface area contributed by atoms with Gasteiger partial charge in [0.25, 0.3) is 0 Å². The Kier molecular flexibility index (Phi) is 5.67. The van der Waals surface area contributed by atoms with Crippen LogP contribution in [-0.2, 0) is 10.2 Å². The van der Waals surface area contributed by atoms with Crippen molar-refractivity contribution in [1.29, 1.82) is 0 Å². The van der Waals surface area contributed by atoms with Crippen LogP contribution < -0.4 is 15.8 Å². The zero-order valence-corrected chi connectivity index (χ0v) is 16.6. The normalized spacial score (nSPS) is 15.0. The third kappa shape index (κ3) is 3.46. The second kappa shape index (κ2) is 8.00. The molecule has 0 unspecified atom stereocenters. The lowest BCUT2D eigenvalue weighted by molar-refractivity contribution is -0.129. The number of carbonyl (C=O) groups is 2. The van der Waals surface area contributed by atoms with Crippen molar-refractivity contribution in [3.63, 3.8) is 0 Å². The zero-order valence-electron chi connectivity index (χ0n) is 16.6. The molecule has 1 heterocycles. The number of amides is 2.